The molecular formula is C26H28FN5O4. The van der Waals surface area contributed by atoms with E-state index >= 15 is 0 Å². The van der Waals surface area contributed by atoms with Gasteiger partial charge in [0.05, 0.1) is 12.8 Å². The highest BCUT2D eigenvalue weighted by atomic mass is 19.1. The van der Waals surface area contributed by atoms with Crippen LogP contribution in [0, 0.1) is 5.82 Å². The van der Waals surface area contributed by atoms with Gasteiger partial charge in [0, 0.05) is 44.6 Å². The van der Waals surface area contributed by atoms with Crippen LogP contribution >= 0.6 is 0 Å². The number of amides is 1. The number of para-hydroxylation sites is 1. The van der Waals surface area contributed by atoms with Crippen LogP contribution < -0.4 is 19.9 Å². The van der Waals surface area contributed by atoms with Gasteiger partial charge in [-0.1, -0.05) is 24.8 Å². The van der Waals surface area contributed by atoms with E-state index in [2.05, 4.69) is 21.8 Å². The zero-order valence-electron chi connectivity index (χ0n) is 20.1. The van der Waals surface area contributed by atoms with Crippen molar-refractivity contribution in [1.82, 2.24) is 20.1 Å². The number of ether oxygens (including phenoxy) is 2. The van der Waals surface area contributed by atoms with Crippen molar-refractivity contribution in [3.63, 3.8) is 0 Å². The molecule has 1 aliphatic heterocycles. The number of benzene rings is 2. The Morgan fingerprint density at radius 1 is 1.14 bits per heavy atom. The fourth-order valence-electron chi connectivity index (χ4n) is 4.03. The van der Waals surface area contributed by atoms with E-state index in [1.54, 1.807) is 47.4 Å². The molecule has 2 aromatic carbocycles. The Balaban J connectivity index is 1.34. The largest absolute Gasteiger partial charge is 0.493 e. The first-order valence-electron chi connectivity index (χ1n) is 11.7. The van der Waals surface area contributed by atoms with Gasteiger partial charge in [0.2, 0.25) is 5.91 Å². The summed E-state index contributed by atoms with van der Waals surface area (Å²) in [6, 6.07) is 11.8. The van der Waals surface area contributed by atoms with Gasteiger partial charge in [-0.3, -0.25) is 9.59 Å². The third-order valence-corrected chi connectivity index (χ3v) is 5.96. The van der Waals surface area contributed by atoms with Crippen LogP contribution in [0.3, 0.4) is 0 Å². The molecular weight excluding hydrogens is 465 g/mol. The van der Waals surface area contributed by atoms with Crippen LogP contribution in [0.25, 0.3) is 11.4 Å². The quantitative estimate of drug-likeness (QED) is 0.458. The lowest BCUT2D eigenvalue weighted by molar-refractivity contribution is -0.131. The monoisotopic (exact) mass is 493 g/mol. The summed E-state index contributed by atoms with van der Waals surface area (Å²) < 4.78 is 24.9. The minimum absolute atomic E-state index is 0.0756. The number of H-pyrrole nitrogens is 1. The second kappa shape index (κ2) is 11.5. The van der Waals surface area contributed by atoms with Gasteiger partial charge in [-0.2, -0.15) is 0 Å². The summed E-state index contributed by atoms with van der Waals surface area (Å²) >= 11 is 0. The summed E-state index contributed by atoms with van der Waals surface area (Å²) in [5, 5.41) is 8.19. The molecule has 1 fully saturated rings. The first-order chi connectivity index (χ1) is 17.5. The lowest BCUT2D eigenvalue weighted by atomic mass is 10.1. The molecule has 10 heteroatoms. The molecule has 1 amide bonds. The van der Waals surface area contributed by atoms with Crippen molar-refractivity contribution in [2.75, 3.05) is 44.8 Å². The molecule has 3 aromatic rings. The van der Waals surface area contributed by atoms with Crippen LogP contribution in [0.15, 0.2) is 59.9 Å². The van der Waals surface area contributed by atoms with Crippen molar-refractivity contribution in [1.29, 1.82) is 0 Å². The molecule has 36 heavy (non-hydrogen) atoms. The Kier molecular flexibility index (Phi) is 7.94. The number of nitrogens with one attached hydrogen (secondary N) is 1. The molecule has 1 aliphatic rings. The molecule has 0 saturated carbocycles. The zero-order chi connectivity index (χ0) is 25.5. The highest BCUT2D eigenvalue weighted by Gasteiger charge is 2.23. The highest BCUT2D eigenvalue weighted by molar-refractivity contribution is 5.76. The molecule has 0 atom stereocenters. The topological polar surface area (TPSA) is 101 Å². The number of aryl methyl sites for hydroxylation is 1. The molecule has 0 spiro atoms. The minimum Gasteiger partial charge on any atom is -0.493 e. The van der Waals surface area contributed by atoms with Crippen molar-refractivity contribution >= 4 is 11.6 Å². The second-order valence-electron chi connectivity index (χ2n) is 8.23. The van der Waals surface area contributed by atoms with Crippen LogP contribution in [-0.2, 0) is 11.2 Å². The van der Waals surface area contributed by atoms with E-state index in [1.165, 1.54) is 13.2 Å². The molecule has 0 unspecified atom stereocenters. The lowest BCUT2D eigenvalue weighted by Gasteiger charge is -2.36. The number of hydrogen-bond acceptors (Lipinski definition) is 7. The summed E-state index contributed by atoms with van der Waals surface area (Å²) in [5.74, 6) is 0.971. The van der Waals surface area contributed by atoms with Gasteiger partial charge in [-0.15, -0.1) is 10.2 Å². The first kappa shape index (κ1) is 24.9. The molecule has 2 heterocycles. The highest BCUT2D eigenvalue weighted by Crippen LogP contribution is 2.31. The molecule has 0 aliphatic carbocycles. The number of carbonyl (C=O) groups is 1. The predicted octanol–water partition coefficient (Wildman–Crippen LogP) is 2.83. The van der Waals surface area contributed by atoms with Gasteiger partial charge in [0.15, 0.2) is 17.3 Å². The van der Waals surface area contributed by atoms with Crippen LogP contribution in [-0.4, -0.2) is 65.9 Å². The normalized spacial score (nSPS) is 13.4. The van der Waals surface area contributed by atoms with Gasteiger partial charge < -0.3 is 24.3 Å². The van der Waals surface area contributed by atoms with Crippen LogP contribution in [0.4, 0.5) is 10.1 Å². The Morgan fingerprint density at radius 3 is 2.61 bits per heavy atom. The average Bonchev–Trinajstić information content (AvgIpc) is 2.91. The Labute approximate surface area is 208 Å². The number of rotatable bonds is 9. The van der Waals surface area contributed by atoms with E-state index in [4.69, 9.17) is 9.47 Å². The summed E-state index contributed by atoms with van der Waals surface area (Å²) in [5.41, 5.74) is 0.943. The molecule has 9 nitrogen and oxygen atoms in total. The number of methoxy groups -OCH3 is 1. The standard InChI is InChI=1S/C26H28FN5O4/c1-3-16-36-22-10-8-18(17-23(22)35-2)25-28-26(34)20(29-30-25)9-11-24(33)32-14-12-31(13-15-32)21-7-5-4-6-19(21)27/h3-8,10,17H,1,9,11-16H2,2H3,(H,28,30,34). The summed E-state index contributed by atoms with van der Waals surface area (Å²) in [7, 11) is 1.52. The third kappa shape index (κ3) is 5.70. The van der Waals surface area contributed by atoms with Gasteiger partial charge >= 0.3 is 0 Å². The van der Waals surface area contributed by atoms with Crippen molar-refractivity contribution in [3.05, 3.63) is 77.0 Å². The second-order valence-corrected chi connectivity index (χ2v) is 8.23. The average molecular weight is 494 g/mol. The van der Waals surface area contributed by atoms with Crippen LogP contribution in [0.1, 0.15) is 12.1 Å². The van der Waals surface area contributed by atoms with Crippen LogP contribution in [0.2, 0.25) is 0 Å². The van der Waals surface area contributed by atoms with E-state index in [0.717, 1.165) is 0 Å². The summed E-state index contributed by atoms with van der Waals surface area (Å²) in [4.78, 5) is 31.7. The van der Waals surface area contributed by atoms with Gasteiger partial charge in [-0.25, -0.2) is 4.39 Å². The fourth-order valence-corrected chi connectivity index (χ4v) is 4.03. The number of aromatic nitrogens is 3. The van der Waals surface area contributed by atoms with E-state index in [-0.39, 0.29) is 36.1 Å². The number of piperazine rings is 1. The van der Waals surface area contributed by atoms with Gasteiger partial charge in [0.1, 0.15) is 18.1 Å². The Hall–Kier alpha value is -4.21. The van der Waals surface area contributed by atoms with E-state index in [0.29, 0.717) is 55.5 Å². The molecule has 4 rings (SSSR count). The van der Waals surface area contributed by atoms with Crippen molar-refractivity contribution in [3.8, 4) is 22.9 Å². The smallest absolute Gasteiger partial charge is 0.273 e. The van der Waals surface area contributed by atoms with Crippen molar-refractivity contribution < 1.29 is 18.7 Å². The Bertz CT molecular complexity index is 1290. The van der Waals surface area contributed by atoms with Crippen LogP contribution in [0.5, 0.6) is 11.5 Å². The fraction of sp³-hybridized carbons (Fsp3) is 0.308. The maximum absolute atomic E-state index is 14.0. The Morgan fingerprint density at radius 2 is 1.92 bits per heavy atom. The zero-order valence-corrected chi connectivity index (χ0v) is 20.1. The minimum atomic E-state index is -0.400. The van der Waals surface area contributed by atoms with Crippen molar-refractivity contribution in [2.24, 2.45) is 0 Å². The molecule has 1 saturated heterocycles. The first-order valence-corrected chi connectivity index (χ1v) is 11.7. The van der Waals surface area contributed by atoms with Crippen molar-refractivity contribution in [2.45, 2.75) is 12.8 Å². The number of halogens is 1. The number of anilines is 1. The van der Waals surface area contributed by atoms with E-state index in [9.17, 15) is 14.0 Å². The lowest BCUT2D eigenvalue weighted by Crippen LogP contribution is -2.49. The number of carbonyl (C=O) groups excluding carboxylic acids is 1. The molecule has 188 valence electrons. The molecule has 1 N–H and O–H groups in total. The molecule has 0 radical (unpaired) electrons. The summed E-state index contributed by atoms with van der Waals surface area (Å²) in [6.45, 7) is 6.02. The number of hydrogen-bond donors (Lipinski definition) is 1. The van der Waals surface area contributed by atoms with E-state index in [1.807, 2.05) is 4.90 Å². The van der Waals surface area contributed by atoms with E-state index < -0.39 is 5.56 Å². The third-order valence-electron chi connectivity index (χ3n) is 5.96. The molecule has 1 aromatic heterocycles. The maximum atomic E-state index is 14.0. The number of nitrogens with zero attached hydrogens (tertiary/aromatic N) is 4. The predicted molar refractivity (Wildman–Crippen MR) is 134 cm³/mol. The maximum Gasteiger partial charge on any atom is 0.273 e. The SMILES string of the molecule is C=CCOc1ccc(-c2nnc(CCC(=O)N3CCN(c4ccccc4F)CC3)c(=O)[nH]2)cc1OC. The van der Waals surface area contributed by atoms with Gasteiger partial charge in [-0.05, 0) is 30.3 Å². The molecule has 0 bridgehead atoms. The number of aromatic amines is 1. The van der Waals surface area contributed by atoms with Gasteiger partial charge in [0.25, 0.3) is 5.56 Å². The summed E-state index contributed by atoms with van der Waals surface area (Å²) in [6.07, 6.45) is 1.94.